The lowest BCUT2D eigenvalue weighted by Gasteiger charge is -2.01. The van der Waals surface area contributed by atoms with E-state index in [1.165, 1.54) is 38.5 Å². The van der Waals surface area contributed by atoms with E-state index in [4.69, 9.17) is 0 Å². The Labute approximate surface area is 88.2 Å². The van der Waals surface area contributed by atoms with Crippen LogP contribution in [0.3, 0.4) is 0 Å². The van der Waals surface area contributed by atoms with E-state index >= 15 is 0 Å². The maximum Gasteiger partial charge on any atom is 0.367 e. The Morgan fingerprint density at radius 1 is 0.917 bits per heavy atom. The lowest BCUT2D eigenvalue weighted by Crippen LogP contribution is -1.93. The van der Waals surface area contributed by atoms with E-state index in [2.05, 4.69) is 20.8 Å². The molecule has 0 N–H and O–H groups in total. The van der Waals surface area contributed by atoms with Crippen LogP contribution in [0.4, 0.5) is 0 Å². The van der Waals surface area contributed by atoms with Gasteiger partial charge in [-0.05, 0) is 0 Å². The molecule has 0 aliphatic heterocycles. The summed E-state index contributed by atoms with van der Waals surface area (Å²) < 4.78 is 2.63. The molecule has 12 heavy (non-hydrogen) atoms. The average Bonchev–Trinajstić information content (AvgIpc) is 2.02. The molecule has 0 fully saturated rings. The standard InChI is InChI=1S/C8H17.C3H7.Mg/c1-3-5-7-8-6-4-2;1-3-2;/h1,3-8H2,2H3;3H,1-2H3;. The molecule has 0 aromatic rings. The minimum absolute atomic E-state index is 0.307. The van der Waals surface area contributed by atoms with Crippen molar-refractivity contribution in [3.63, 3.8) is 0 Å². The first kappa shape index (κ1) is 12.8. The van der Waals surface area contributed by atoms with Gasteiger partial charge in [-0.3, -0.25) is 0 Å². The Hall–Kier alpha value is 0.766. The highest BCUT2D eigenvalue weighted by Gasteiger charge is 1.99. The molecular weight excluding hydrogens is 156 g/mol. The molecule has 0 atom stereocenters. The summed E-state index contributed by atoms with van der Waals surface area (Å²) in [6.45, 7) is 7.04. The maximum atomic E-state index is 2.38. The summed E-state index contributed by atoms with van der Waals surface area (Å²) in [5, 5.41) is 0. The zero-order valence-electron chi connectivity index (χ0n) is 9.23. The van der Waals surface area contributed by atoms with Crippen LogP contribution in [0.25, 0.3) is 0 Å². The van der Waals surface area contributed by atoms with Crippen molar-refractivity contribution in [1.29, 1.82) is 0 Å². The molecule has 0 aliphatic rings. The van der Waals surface area contributed by atoms with E-state index in [1.54, 1.807) is 4.55 Å². The van der Waals surface area contributed by atoms with Gasteiger partial charge >= 0.3 is 20.4 Å². The molecule has 0 unspecified atom stereocenters. The van der Waals surface area contributed by atoms with Gasteiger partial charge in [0, 0.05) is 0 Å². The molecule has 0 amide bonds. The van der Waals surface area contributed by atoms with Crippen LogP contribution in [-0.2, 0) is 0 Å². The Kier molecular flexibility index (Phi) is 10.5. The monoisotopic (exact) mass is 180 g/mol. The highest BCUT2D eigenvalue weighted by atomic mass is 24.5. The van der Waals surface area contributed by atoms with Crippen LogP contribution in [-0.4, -0.2) is 20.4 Å². The molecule has 0 rings (SSSR count). The van der Waals surface area contributed by atoms with E-state index < -0.39 is 0 Å². The van der Waals surface area contributed by atoms with Crippen molar-refractivity contribution in [3.05, 3.63) is 0 Å². The molecule has 70 valence electrons. The minimum Gasteiger partial charge on any atom is -0.145 e. The van der Waals surface area contributed by atoms with Crippen molar-refractivity contribution < 1.29 is 0 Å². The Balaban J connectivity index is 2.82. The summed E-state index contributed by atoms with van der Waals surface area (Å²) in [5.41, 5.74) is 0. The van der Waals surface area contributed by atoms with Crippen molar-refractivity contribution in [2.75, 3.05) is 0 Å². The van der Waals surface area contributed by atoms with Crippen molar-refractivity contribution in [2.45, 2.75) is 67.9 Å². The van der Waals surface area contributed by atoms with Gasteiger partial charge < -0.3 is 0 Å². The zero-order chi connectivity index (χ0) is 9.23. The summed E-state index contributed by atoms with van der Waals surface area (Å²) in [7, 11) is 0. The van der Waals surface area contributed by atoms with E-state index in [-0.39, 0.29) is 0 Å². The molecule has 0 spiro atoms. The predicted molar refractivity (Wildman–Crippen MR) is 59.0 cm³/mol. The van der Waals surface area contributed by atoms with Gasteiger partial charge in [0.15, 0.2) is 0 Å². The van der Waals surface area contributed by atoms with Crippen LogP contribution in [0.2, 0.25) is 8.60 Å². The van der Waals surface area contributed by atoms with Crippen molar-refractivity contribution in [3.8, 4) is 0 Å². The topological polar surface area (TPSA) is 0 Å². The molecule has 0 aromatic heterocycles. The van der Waals surface area contributed by atoms with Crippen LogP contribution in [0.15, 0.2) is 0 Å². The van der Waals surface area contributed by atoms with Crippen LogP contribution in [0.5, 0.6) is 0 Å². The number of hydrogen-bond acceptors (Lipinski definition) is 0. The predicted octanol–water partition coefficient (Wildman–Crippen LogP) is 4.30. The third-order valence-corrected chi connectivity index (χ3v) is 4.45. The number of rotatable bonds is 8. The van der Waals surface area contributed by atoms with E-state index in [0.29, 0.717) is 20.4 Å². The molecule has 0 heterocycles. The lowest BCUT2D eigenvalue weighted by molar-refractivity contribution is 0.623. The third kappa shape index (κ3) is 10.8. The molecule has 0 saturated carbocycles. The highest BCUT2D eigenvalue weighted by Crippen LogP contribution is 2.09. The van der Waals surface area contributed by atoms with Crippen LogP contribution >= 0.6 is 0 Å². The fourth-order valence-corrected chi connectivity index (χ4v) is 2.97. The molecule has 1 heteroatoms. The summed E-state index contributed by atoms with van der Waals surface area (Å²) in [4.78, 5) is 0. The fraction of sp³-hybridized carbons (Fsp3) is 1.00. The molecule has 0 aromatic carbocycles. The first-order chi connectivity index (χ1) is 5.77. The molecule has 0 bridgehead atoms. The number of hydrogen-bond donors (Lipinski definition) is 0. The third-order valence-electron chi connectivity index (χ3n) is 2.39. The van der Waals surface area contributed by atoms with Crippen LogP contribution in [0.1, 0.15) is 59.3 Å². The van der Waals surface area contributed by atoms with Crippen LogP contribution in [0, 0.1) is 0 Å². The SMILES string of the molecule is CCCCCCC[CH2][Mg][CH](C)C. The second-order valence-electron chi connectivity index (χ2n) is 4.30. The first-order valence-electron chi connectivity index (χ1n) is 5.77. The molecule has 0 saturated heterocycles. The summed E-state index contributed by atoms with van der Waals surface area (Å²) in [5.74, 6) is 0. The molecule has 0 aliphatic carbocycles. The van der Waals surface area contributed by atoms with E-state index in [9.17, 15) is 0 Å². The van der Waals surface area contributed by atoms with Gasteiger partial charge in [0.25, 0.3) is 0 Å². The van der Waals surface area contributed by atoms with E-state index in [0.717, 1.165) is 4.05 Å². The van der Waals surface area contributed by atoms with Gasteiger partial charge in [-0.15, -0.1) is 8.60 Å². The Morgan fingerprint density at radius 3 is 2.08 bits per heavy atom. The summed E-state index contributed by atoms with van der Waals surface area (Å²) in [6, 6.07) is 0. The lowest BCUT2D eigenvalue weighted by atomic mass is 10.1. The summed E-state index contributed by atoms with van der Waals surface area (Å²) >= 11 is 0.307. The van der Waals surface area contributed by atoms with Gasteiger partial charge in [-0.2, -0.15) is 0 Å². The molecule has 0 nitrogen and oxygen atoms in total. The maximum absolute atomic E-state index is 2.38. The smallest absolute Gasteiger partial charge is 0.145 e. The average molecular weight is 181 g/mol. The second kappa shape index (κ2) is 9.85. The highest BCUT2D eigenvalue weighted by molar-refractivity contribution is 6.37. The fourth-order valence-electron chi connectivity index (χ4n) is 1.51. The van der Waals surface area contributed by atoms with Crippen LogP contribution < -0.4 is 0 Å². The van der Waals surface area contributed by atoms with Gasteiger partial charge in [0.1, 0.15) is 0 Å². The Bertz CT molecular complexity index is 79.1. The van der Waals surface area contributed by atoms with Gasteiger partial charge in [-0.25, -0.2) is 0 Å². The first-order valence-corrected chi connectivity index (χ1v) is 7.59. The quantitative estimate of drug-likeness (QED) is 0.386. The van der Waals surface area contributed by atoms with Crippen molar-refractivity contribution in [1.82, 2.24) is 0 Å². The normalized spacial score (nSPS) is 10.3. The van der Waals surface area contributed by atoms with Gasteiger partial charge in [0.05, 0.1) is 0 Å². The van der Waals surface area contributed by atoms with E-state index in [1.807, 2.05) is 0 Å². The van der Waals surface area contributed by atoms with Gasteiger partial charge in [0.2, 0.25) is 0 Å². The van der Waals surface area contributed by atoms with Crippen molar-refractivity contribution in [2.24, 2.45) is 0 Å². The number of unbranched alkanes of at least 4 members (excludes halogenated alkanes) is 5. The second-order valence-corrected chi connectivity index (χ2v) is 7.22. The van der Waals surface area contributed by atoms with Gasteiger partial charge in [-0.1, -0.05) is 59.3 Å². The minimum atomic E-state index is 0.307. The van der Waals surface area contributed by atoms with Crippen molar-refractivity contribution >= 4 is 20.4 Å². The Morgan fingerprint density at radius 2 is 1.50 bits per heavy atom. The molecular formula is C11H24Mg. The summed E-state index contributed by atoms with van der Waals surface area (Å²) in [6.07, 6.45) is 8.80. The zero-order valence-corrected chi connectivity index (χ0v) is 10.6. The largest absolute Gasteiger partial charge is 0.367 e. The molecule has 0 radical (unpaired) electrons.